The summed E-state index contributed by atoms with van der Waals surface area (Å²) in [6, 6.07) is 11.2. The molecule has 92 valence electrons. The molecule has 2 N–H and O–H groups in total. The second-order valence-corrected chi connectivity index (χ2v) is 4.24. The van der Waals surface area contributed by atoms with Gasteiger partial charge < -0.3 is 10.6 Å². The lowest BCUT2D eigenvalue weighted by atomic mass is 10.3. The monoisotopic (exact) mass is 242 g/mol. The lowest BCUT2D eigenvalue weighted by molar-refractivity contribution is 0.102. The predicted molar refractivity (Wildman–Crippen MR) is 68.3 cm³/mol. The molecular formula is C13H14N4O. The Balaban J connectivity index is 1.78. The van der Waals surface area contributed by atoms with Crippen LogP contribution in [0.2, 0.25) is 0 Å². The van der Waals surface area contributed by atoms with Crippen molar-refractivity contribution in [2.45, 2.75) is 13.1 Å². The van der Waals surface area contributed by atoms with Gasteiger partial charge in [-0.05, 0) is 18.2 Å². The molecule has 0 unspecified atom stereocenters. The van der Waals surface area contributed by atoms with Crippen LogP contribution in [0.25, 0.3) is 0 Å². The zero-order chi connectivity index (χ0) is 12.4. The third-order valence-corrected chi connectivity index (χ3v) is 2.93. The zero-order valence-corrected chi connectivity index (χ0v) is 9.89. The van der Waals surface area contributed by atoms with Crippen LogP contribution in [0, 0.1) is 0 Å². The number of nitrogens with zero attached hydrogens (tertiary/aromatic N) is 2. The fraction of sp³-hybridized carbons (Fsp3) is 0.231. The van der Waals surface area contributed by atoms with Gasteiger partial charge >= 0.3 is 0 Å². The fourth-order valence-corrected chi connectivity index (χ4v) is 2.02. The van der Waals surface area contributed by atoms with Crippen molar-refractivity contribution in [3.63, 3.8) is 0 Å². The van der Waals surface area contributed by atoms with Crippen LogP contribution in [0.4, 0.5) is 5.69 Å². The number of rotatable bonds is 2. The maximum absolute atomic E-state index is 12.0. The first kappa shape index (κ1) is 11.0. The molecule has 0 radical (unpaired) electrons. The molecular weight excluding hydrogens is 228 g/mol. The van der Waals surface area contributed by atoms with Crippen molar-refractivity contribution < 1.29 is 4.79 Å². The molecule has 0 saturated carbocycles. The summed E-state index contributed by atoms with van der Waals surface area (Å²) in [5.41, 5.74) is 2.31. The van der Waals surface area contributed by atoms with Crippen LogP contribution in [-0.2, 0) is 13.1 Å². The smallest absolute Gasteiger partial charge is 0.276 e. The van der Waals surface area contributed by atoms with E-state index in [1.807, 2.05) is 41.1 Å². The molecule has 1 amide bonds. The number of amides is 1. The molecule has 0 atom stereocenters. The predicted octanol–water partition coefficient (Wildman–Crippen LogP) is 1.24. The van der Waals surface area contributed by atoms with Crippen molar-refractivity contribution in [2.24, 2.45) is 0 Å². The van der Waals surface area contributed by atoms with Gasteiger partial charge in [0.25, 0.3) is 5.91 Å². The van der Waals surface area contributed by atoms with E-state index in [0.29, 0.717) is 5.69 Å². The Morgan fingerprint density at radius 2 is 2.17 bits per heavy atom. The van der Waals surface area contributed by atoms with E-state index < -0.39 is 0 Å². The van der Waals surface area contributed by atoms with E-state index >= 15 is 0 Å². The highest BCUT2D eigenvalue weighted by Crippen LogP contribution is 2.11. The van der Waals surface area contributed by atoms with Crippen LogP contribution in [-0.4, -0.2) is 22.2 Å². The maximum atomic E-state index is 12.0. The van der Waals surface area contributed by atoms with Crippen molar-refractivity contribution in [2.75, 3.05) is 11.9 Å². The van der Waals surface area contributed by atoms with E-state index in [1.54, 1.807) is 0 Å². The topological polar surface area (TPSA) is 59.0 Å². The molecule has 0 bridgehead atoms. The molecule has 1 aromatic heterocycles. The molecule has 5 nitrogen and oxygen atoms in total. The van der Waals surface area contributed by atoms with Gasteiger partial charge in [0.1, 0.15) is 0 Å². The van der Waals surface area contributed by atoms with Gasteiger partial charge in [-0.3, -0.25) is 9.48 Å². The Morgan fingerprint density at radius 1 is 1.33 bits per heavy atom. The van der Waals surface area contributed by atoms with Crippen molar-refractivity contribution in [1.82, 2.24) is 15.1 Å². The van der Waals surface area contributed by atoms with Crippen LogP contribution in [0.3, 0.4) is 0 Å². The number of anilines is 1. The van der Waals surface area contributed by atoms with Crippen molar-refractivity contribution >= 4 is 11.6 Å². The molecule has 0 fully saturated rings. The van der Waals surface area contributed by atoms with Gasteiger partial charge in [0.05, 0.1) is 12.2 Å². The molecule has 5 heteroatoms. The van der Waals surface area contributed by atoms with Gasteiger partial charge in [-0.25, -0.2) is 0 Å². The first-order chi connectivity index (χ1) is 8.83. The largest absolute Gasteiger partial charge is 0.321 e. The lowest BCUT2D eigenvalue weighted by Gasteiger charge is -2.13. The maximum Gasteiger partial charge on any atom is 0.276 e. The molecule has 1 aliphatic heterocycles. The van der Waals surface area contributed by atoms with Crippen molar-refractivity contribution in [3.8, 4) is 0 Å². The minimum Gasteiger partial charge on any atom is -0.321 e. The highest BCUT2D eigenvalue weighted by molar-refractivity contribution is 6.02. The van der Waals surface area contributed by atoms with Crippen molar-refractivity contribution in [1.29, 1.82) is 0 Å². The van der Waals surface area contributed by atoms with E-state index in [4.69, 9.17) is 0 Å². The van der Waals surface area contributed by atoms with E-state index in [-0.39, 0.29) is 5.91 Å². The fourth-order valence-electron chi connectivity index (χ4n) is 2.02. The van der Waals surface area contributed by atoms with Crippen LogP contribution < -0.4 is 10.6 Å². The first-order valence-electron chi connectivity index (χ1n) is 5.97. The second-order valence-electron chi connectivity index (χ2n) is 4.24. The van der Waals surface area contributed by atoms with E-state index in [0.717, 1.165) is 31.0 Å². The SMILES string of the molecule is O=C(Nc1ccccc1)c1cc2n(n1)CCNC2. The summed E-state index contributed by atoms with van der Waals surface area (Å²) in [5, 5.41) is 10.4. The second kappa shape index (κ2) is 4.62. The zero-order valence-electron chi connectivity index (χ0n) is 9.89. The average Bonchev–Trinajstić information content (AvgIpc) is 2.84. The number of fused-ring (bicyclic) bond motifs is 1. The summed E-state index contributed by atoms with van der Waals surface area (Å²) in [6.07, 6.45) is 0. The highest BCUT2D eigenvalue weighted by atomic mass is 16.1. The summed E-state index contributed by atoms with van der Waals surface area (Å²) in [5.74, 6) is -0.164. The number of para-hydroxylation sites is 1. The number of carbonyl (C=O) groups excluding carboxylic acids is 1. The quantitative estimate of drug-likeness (QED) is 0.833. The molecule has 1 aromatic carbocycles. The highest BCUT2D eigenvalue weighted by Gasteiger charge is 2.16. The third-order valence-electron chi connectivity index (χ3n) is 2.93. The van der Waals surface area contributed by atoms with Gasteiger partial charge in [0.15, 0.2) is 5.69 Å². The van der Waals surface area contributed by atoms with Gasteiger partial charge in [-0.1, -0.05) is 18.2 Å². The number of benzene rings is 1. The molecule has 0 saturated heterocycles. The average molecular weight is 242 g/mol. The van der Waals surface area contributed by atoms with Gasteiger partial charge in [0, 0.05) is 18.8 Å². The van der Waals surface area contributed by atoms with E-state index in [9.17, 15) is 4.79 Å². The normalized spacial score (nSPS) is 14.0. The molecule has 2 heterocycles. The third kappa shape index (κ3) is 2.12. The number of aromatic nitrogens is 2. The summed E-state index contributed by atoms with van der Waals surface area (Å²) >= 11 is 0. The van der Waals surface area contributed by atoms with Crippen LogP contribution in [0.1, 0.15) is 16.2 Å². The van der Waals surface area contributed by atoms with Crippen LogP contribution in [0.15, 0.2) is 36.4 Å². The Morgan fingerprint density at radius 3 is 2.94 bits per heavy atom. The Hall–Kier alpha value is -2.14. The number of hydrogen-bond donors (Lipinski definition) is 2. The summed E-state index contributed by atoms with van der Waals surface area (Å²) in [4.78, 5) is 12.0. The lowest BCUT2D eigenvalue weighted by Crippen LogP contribution is -2.28. The van der Waals surface area contributed by atoms with Gasteiger partial charge in [-0.15, -0.1) is 0 Å². The van der Waals surface area contributed by atoms with Crippen LogP contribution in [0.5, 0.6) is 0 Å². The van der Waals surface area contributed by atoms with E-state index in [2.05, 4.69) is 15.7 Å². The molecule has 18 heavy (non-hydrogen) atoms. The van der Waals surface area contributed by atoms with Gasteiger partial charge in [0.2, 0.25) is 0 Å². The summed E-state index contributed by atoms with van der Waals surface area (Å²) in [6.45, 7) is 2.48. The van der Waals surface area contributed by atoms with Gasteiger partial charge in [-0.2, -0.15) is 5.10 Å². The molecule has 1 aliphatic rings. The summed E-state index contributed by atoms with van der Waals surface area (Å²) in [7, 11) is 0. The molecule has 0 spiro atoms. The molecule has 0 aliphatic carbocycles. The Bertz CT molecular complexity index is 538. The Kier molecular flexibility index (Phi) is 2.82. The molecule has 2 aromatic rings. The molecule has 3 rings (SSSR count). The minimum absolute atomic E-state index is 0.164. The summed E-state index contributed by atoms with van der Waals surface area (Å²) < 4.78 is 1.89. The number of carbonyl (C=O) groups is 1. The number of hydrogen-bond acceptors (Lipinski definition) is 3. The number of nitrogens with one attached hydrogen (secondary N) is 2. The van der Waals surface area contributed by atoms with Crippen molar-refractivity contribution in [3.05, 3.63) is 47.8 Å². The standard InChI is InChI=1S/C13H14N4O/c18-13(15-10-4-2-1-3-5-10)12-8-11-9-14-6-7-17(11)16-12/h1-5,8,14H,6-7,9H2,(H,15,18). The van der Waals surface area contributed by atoms with E-state index in [1.165, 1.54) is 0 Å². The Labute approximate surface area is 105 Å². The minimum atomic E-state index is -0.164. The van der Waals surface area contributed by atoms with Crippen LogP contribution >= 0.6 is 0 Å². The first-order valence-corrected chi connectivity index (χ1v) is 5.97.